The maximum Gasteiger partial charge on any atom is 0.573 e. The topological polar surface area (TPSA) is 153 Å². The van der Waals surface area contributed by atoms with Gasteiger partial charge in [-0.05, 0) is 73.9 Å². The van der Waals surface area contributed by atoms with Gasteiger partial charge in [-0.1, -0.05) is 24.3 Å². The number of ether oxygens (including phenoxy) is 4. The maximum atomic E-state index is 13.6. The van der Waals surface area contributed by atoms with E-state index in [1.165, 1.54) is 24.3 Å². The fraction of sp³-hybridized carbons (Fsp3) is 0.386. The molecule has 0 spiro atoms. The first-order chi connectivity index (χ1) is 30.5. The third kappa shape index (κ3) is 11.7. The Morgan fingerprint density at radius 1 is 0.766 bits per heavy atom. The van der Waals surface area contributed by atoms with E-state index in [2.05, 4.69) is 34.9 Å². The van der Waals surface area contributed by atoms with Crippen LogP contribution in [0.4, 0.5) is 55.4 Å². The van der Waals surface area contributed by atoms with E-state index in [-0.39, 0.29) is 40.9 Å². The van der Waals surface area contributed by atoms with Gasteiger partial charge in [0.05, 0.1) is 61.8 Å². The second-order valence-electron chi connectivity index (χ2n) is 15.3. The van der Waals surface area contributed by atoms with Crippen molar-refractivity contribution in [1.29, 1.82) is 0 Å². The minimum absolute atomic E-state index is 0.114. The van der Waals surface area contributed by atoms with E-state index in [1.807, 2.05) is 41.8 Å². The van der Waals surface area contributed by atoms with Gasteiger partial charge in [-0.25, -0.2) is 15.0 Å². The molecule has 14 nitrogen and oxygen atoms in total. The van der Waals surface area contributed by atoms with Gasteiger partial charge in [-0.3, -0.25) is 4.79 Å². The van der Waals surface area contributed by atoms with Crippen LogP contribution in [0.15, 0.2) is 79.1 Å². The van der Waals surface area contributed by atoms with Crippen molar-refractivity contribution in [2.45, 2.75) is 45.5 Å². The summed E-state index contributed by atoms with van der Waals surface area (Å²) in [6, 6.07) is 16.9. The average molecular weight is 896 g/mol. The predicted molar refractivity (Wildman–Crippen MR) is 228 cm³/mol. The van der Waals surface area contributed by atoms with Crippen molar-refractivity contribution >= 4 is 35.0 Å². The van der Waals surface area contributed by atoms with Crippen molar-refractivity contribution in [3.63, 3.8) is 0 Å². The molecule has 8 rings (SSSR count). The van der Waals surface area contributed by atoms with Crippen LogP contribution in [0.1, 0.15) is 35.3 Å². The van der Waals surface area contributed by atoms with Crippen LogP contribution in [-0.4, -0.2) is 110 Å². The molecule has 20 heteroatoms. The first kappa shape index (κ1) is 45.8. The zero-order valence-corrected chi connectivity index (χ0v) is 35.2. The van der Waals surface area contributed by atoms with Crippen LogP contribution in [0, 0.1) is 6.92 Å². The standard InChI is InChI=1S/C26H26F3N3O3.C18H21F3N6O2/c1-16-14-32(15-17(2)34-16)24-12-9-20(13-30-24)31-25(33)23-6-4-5-22(18(23)3)19-7-10-21(11-8-19)35-26(27,28)29;19-18(20,21)13-9-15(22)23-11-12(13)14-10-16(26-1-5-28-6-2-26)25-17(24-14)27-3-7-29-8-4-27/h4-13,16-17H,14-15H2,1-3H3,(H,31,33);9-11H,1-8H2,(H2,22,23)/t16-,17+;. The number of morpholine rings is 3. The molecular weight excluding hydrogens is 849 g/mol. The number of rotatable bonds is 8. The van der Waals surface area contributed by atoms with Crippen molar-refractivity contribution in [3.8, 4) is 28.1 Å². The fourth-order valence-electron chi connectivity index (χ4n) is 7.57. The highest BCUT2D eigenvalue weighted by Gasteiger charge is 2.35. The molecule has 3 aromatic heterocycles. The number of pyridine rings is 2. The van der Waals surface area contributed by atoms with E-state index in [9.17, 15) is 31.1 Å². The number of carbonyl (C=O) groups is 1. The number of hydrogen-bond donors (Lipinski definition) is 2. The molecule has 0 aliphatic carbocycles. The van der Waals surface area contributed by atoms with E-state index in [4.69, 9.17) is 19.9 Å². The van der Waals surface area contributed by atoms with Crippen molar-refractivity contribution in [3.05, 3.63) is 95.8 Å². The van der Waals surface area contributed by atoms with Gasteiger partial charge in [-0.15, -0.1) is 13.2 Å². The van der Waals surface area contributed by atoms with Crippen LogP contribution < -0.4 is 30.5 Å². The predicted octanol–water partition coefficient (Wildman–Crippen LogP) is 7.63. The molecule has 3 aliphatic heterocycles. The molecule has 340 valence electrons. The van der Waals surface area contributed by atoms with Crippen molar-refractivity contribution < 1.29 is 50.1 Å². The molecular formula is C44H47F6N9O5. The lowest BCUT2D eigenvalue weighted by Gasteiger charge is -2.36. The number of alkyl halides is 6. The summed E-state index contributed by atoms with van der Waals surface area (Å²) in [4.78, 5) is 36.5. The highest BCUT2D eigenvalue weighted by atomic mass is 19.4. The Kier molecular flexibility index (Phi) is 14.0. The number of anilines is 5. The molecule has 3 saturated heterocycles. The van der Waals surface area contributed by atoms with E-state index < -0.39 is 18.1 Å². The Hall–Kier alpha value is -6.25. The quantitative estimate of drug-likeness (QED) is 0.147. The highest BCUT2D eigenvalue weighted by Crippen LogP contribution is 2.38. The maximum absolute atomic E-state index is 13.6. The number of nitrogens with one attached hydrogen (secondary N) is 1. The van der Waals surface area contributed by atoms with Gasteiger partial charge in [0.2, 0.25) is 5.95 Å². The minimum Gasteiger partial charge on any atom is -0.406 e. The number of nitrogen functional groups attached to an aromatic ring is 1. The Labute approximate surface area is 365 Å². The van der Waals surface area contributed by atoms with Gasteiger partial charge in [0, 0.05) is 62.7 Å². The number of hydrogen-bond acceptors (Lipinski definition) is 13. The molecule has 0 bridgehead atoms. The normalized spacial score (nSPS) is 18.2. The lowest BCUT2D eigenvalue weighted by Crippen LogP contribution is -2.45. The molecule has 0 saturated carbocycles. The molecule has 2 aromatic carbocycles. The van der Waals surface area contributed by atoms with Crippen LogP contribution in [0.3, 0.4) is 0 Å². The Morgan fingerprint density at radius 2 is 1.42 bits per heavy atom. The summed E-state index contributed by atoms with van der Waals surface area (Å²) in [6.45, 7) is 11.8. The highest BCUT2D eigenvalue weighted by molar-refractivity contribution is 6.06. The van der Waals surface area contributed by atoms with Gasteiger partial charge in [0.15, 0.2) is 0 Å². The summed E-state index contributed by atoms with van der Waals surface area (Å²) in [5.41, 5.74) is 7.80. The third-order valence-corrected chi connectivity index (χ3v) is 10.6. The first-order valence-electron chi connectivity index (χ1n) is 20.5. The number of halogens is 6. The lowest BCUT2D eigenvalue weighted by atomic mass is 9.96. The minimum atomic E-state index is -4.75. The van der Waals surface area contributed by atoms with Gasteiger partial charge in [-0.2, -0.15) is 18.2 Å². The Bertz CT molecular complexity index is 2330. The van der Waals surface area contributed by atoms with Gasteiger partial charge in [0.25, 0.3) is 5.91 Å². The number of amides is 1. The molecule has 0 unspecified atom stereocenters. The van der Waals surface area contributed by atoms with E-state index in [0.29, 0.717) is 86.8 Å². The first-order valence-corrected chi connectivity index (χ1v) is 20.5. The number of nitrogens with two attached hydrogens (primary N) is 1. The number of nitrogens with zero attached hydrogens (tertiary/aromatic N) is 7. The van der Waals surface area contributed by atoms with Crippen molar-refractivity contribution in [2.75, 3.05) is 91.4 Å². The van der Waals surface area contributed by atoms with Crippen LogP contribution in [0.5, 0.6) is 5.75 Å². The molecule has 3 aliphatic rings. The van der Waals surface area contributed by atoms with Crippen LogP contribution in [0.2, 0.25) is 0 Å². The summed E-state index contributed by atoms with van der Waals surface area (Å²) in [5, 5.41) is 2.87. The molecule has 6 heterocycles. The Balaban J connectivity index is 0.000000195. The van der Waals surface area contributed by atoms with Crippen molar-refractivity contribution in [2.24, 2.45) is 0 Å². The van der Waals surface area contributed by atoms with Crippen molar-refractivity contribution in [1.82, 2.24) is 19.9 Å². The second kappa shape index (κ2) is 19.6. The van der Waals surface area contributed by atoms with E-state index in [1.54, 1.807) is 31.3 Å². The summed E-state index contributed by atoms with van der Waals surface area (Å²) in [6.07, 6.45) is -6.37. The number of benzene rings is 2. The zero-order valence-electron chi connectivity index (χ0n) is 35.2. The molecule has 1 amide bonds. The molecule has 3 N–H and O–H groups in total. The van der Waals surface area contributed by atoms with Crippen LogP contribution in [-0.2, 0) is 20.4 Å². The summed E-state index contributed by atoms with van der Waals surface area (Å²) in [5.74, 6) is 0.953. The van der Waals surface area contributed by atoms with Crippen LogP contribution >= 0.6 is 0 Å². The number of carbonyl (C=O) groups excluding carboxylic acids is 1. The lowest BCUT2D eigenvalue weighted by molar-refractivity contribution is -0.274. The number of aromatic nitrogens is 4. The molecule has 2 atom stereocenters. The molecule has 64 heavy (non-hydrogen) atoms. The molecule has 5 aromatic rings. The summed E-state index contributed by atoms with van der Waals surface area (Å²) in [7, 11) is 0. The average Bonchev–Trinajstić information content (AvgIpc) is 3.26. The largest absolute Gasteiger partial charge is 0.573 e. The molecule has 3 fully saturated rings. The molecule has 0 radical (unpaired) electrons. The van der Waals surface area contributed by atoms with Crippen LogP contribution in [0.25, 0.3) is 22.4 Å². The SMILES string of the molecule is Cc1c(C(=O)Nc2ccc(N3C[C@@H](C)O[C@@H](C)C3)nc2)cccc1-c1ccc(OC(F)(F)F)cc1.Nc1cc(C(F)(F)F)c(-c2cc(N3CCOCC3)nc(N3CCOCC3)n2)cn1. The van der Waals surface area contributed by atoms with Gasteiger partial charge in [0.1, 0.15) is 23.2 Å². The fourth-order valence-corrected chi connectivity index (χ4v) is 7.57. The summed E-state index contributed by atoms with van der Waals surface area (Å²) >= 11 is 0. The zero-order chi connectivity index (χ0) is 45.6. The monoisotopic (exact) mass is 895 g/mol. The Morgan fingerprint density at radius 3 is 2.03 bits per heavy atom. The van der Waals surface area contributed by atoms with E-state index >= 15 is 0 Å². The summed E-state index contributed by atoms with van der Waals surface area (Å²) < 4.78 is 98.6. The van der Waals surface area contributed by atoms with E-state index in [0.717, 1.165) is 36.7 Å². The van der Waals surface area contributed by atoms with Gasteiger partial charge >= 0.3 is 12.5 Å². The smallest absolute Gasteiger partial charge is 0.406 e. The third-order valence-electron chi connectivity index (χ3n) is 10.6. The van der Waals surface area contributed by atoms with Gasteiger partial charge < -0.3 is 44.7 Å². The second-order valence-corrected chi connectivity index (χ2v) is 15.3.